The summed E-state index contributed by atoms with van der Waals surface area (Å²) in [5, 5.41) is 13.9. The molecule has 1 aromatic heterocycles. The number of carbonyl (C=O) groups is 2. The van der Waals surface area contributed by atoms with E-state index in [2.05, 4.69) is 20.8 Å². The second-order valence-corrected chi connectivity index (χ2v) is 8.26. The fourth-order valence-electron chi connectivity index (χ4n) is 3.33. The summed E-state index contributed by atoms with van der Waals surface area (Å²) in [7, 11) is 0. The number of para-hydroxylation sites is 1. The Hall–Kier alpha value is -3.33. The van der Waals surface area contributed by atoms with Crippen LogP contribution in [0, 0.1) is 5.82 Å². The monoisotopic (exact) mass is 440 g/mol. The lowest BCUT2D eigenvalue weighted by atomic mass is 10.1. The maximum absolute atomic E-state index is 13.7. The molecule has 9 heteroatoms. The summed E-state index contributed by atoms with van der Waals surface area (Å²) < 4.78 is 19.3. The van der Waals surface area contributed by atoms with E-state index in [0.717, 1.165) is 37.0 Å². The first-order valence-corrected chi connectivity index (χ1v) is 10.8. The van der Waals surface area contributed by atoms with Gasteiger partial charge < -0.3 is 15.4 Å². The van der Waals surface area contributed by atoms with E-state index in [-0.39, 0.29) is 29.3 Å². The van der Waals surface area contributed by atoms with E-state index in [1.165, 1.54) is 12.1 Å². The average molecular weight is 441 g/mol. The van der Waals surface area contributed by atoms with Crippen molar-refractivity contribution < 1.29 is 18.7 Å². The number of benzene rings is 2. The molecule has 0 atom stereocenters. The van der Waals surface area contributed by atoms with Gasteiger partial charge >= 0.3 is 0 Å². The number of nitrogens with one attached hydrogen (secondary N) is 2. The summed E-state index contributed by atoms with van der Waals surface area (Å²) in [6.07, 6.45) is 4.40. The van der Waals surface area contributed by atoms with Gasteiger partial charge in [0, 0.05) is 11.6 Å². The third kappa shape index (κ3) is 5.43. The number of nitrogens with zero attached hydrogens (tertiary/aromatic N) is 2. The molecule has 1 aliphatic carbocycles. The Balaban J connectivity index is 1.29. The van der Waals surface area contributed by atoms with Crippen molar-refractivity contribution in [2.45, 2.75) is 38.3 Å². The van der Waals surface area contributed by atoms with Gasteiger partial charge in [-0.15, -0.1) is 10.2 Å². The zero-order chi connectivity index (χ0) is 21.6. The molecular weight excluding hydrogens is 419 g/mol. The van der Waals surface area contributed by atoms with Gasteiger partial charge in [0.2, 0.25) is 5.01 Å². The minimum atomic E-state index is -0.536. The van der Waals surface area contributed by atoms with Crippen molar-refractivity contribution in [2.24, 2.45) is 0 Å². The van der Waals surface area contributed by atoms with Gasteiger partial charge in [-0.05, 0) is 49.2 Å². The standard InChI is InChI=1S/C22H21FN4O3S/c23-17-7-3-4-8-18(17)25-21(29)22-27-26-19(31-22)13-30-16-11-9-14(10-12-16)20(28)24-15-5-1-2-6-15/h3-4,7-12,15H,1-2,5-6,13H2,(H,24,28)(H,25,29). The van der Waals surface area contributed by atoms with Crippen molar-refractivity contribution in [3.63, 3.8) is 0 Å². The molecule has 1 aliphatic rings. The predicted octanol–water partition coefficient (Wildman–Crippen LogP) is 4.18. The molecule has 0 bridgehead atoms. The molecule has 4 rings (SSSR count). The number of hydrogen-bond acceptors (Lipinski definition) is 6. The lowest BCUT2D eigenvalue weighted by molar-refractivity contribution is 0.0937. The molecule has 0 saturated heterocycles. The molecule has 1 heterocycles. The summed E-state index contributed by atoms with van der Waals surface area (Å²) >= 11 is 1.07. The summed E-state index contributed by atoms with van der Waals surface area (Å²) in [4.78, 5) is 24.5. The van der Waals surface area contributed by atoms with E-state index in [4.69, 9.17) is 4.74 Å². The van der Waals surface area contributed by atoms with Crippen LogP contribution in [0.5, 0.6) is 5.75 Å². The maximum Gasteiger partial charge on any atom is 0.286 e. The molecule has 1 saturated carbocycles. The van der Waals surface area contributed by atoms with Crippen molar-refractivity contribution >= 4 is 28.8 Å². The fourth-order valence-corrected chi connectivity index (χ4v) is 3.98. The van der Waals surface area contributed by atoms with E-state index in [1.807, 2.05) is 0 Å². The Morgan fingerprint density at radius 1 is 1.03 bits per heavy atom. The van der Waals surface area contributed by atoms with Crippen LogP contribution in [0.4, 0.5) is 10.1 Å². The number of aromatic nitrogens is 2. The quantitative estimate of drug-likeness (QED) is 0.575. The molecule has 2 amide bonds. The van der Waals surface area contributed by atoms with Crippen LogP contribution < -0.4 is 15.4 Å². The van der Waals surface area contributed by atoms with E-state index in [1.54, 1.807) is 36.4 Å². The number of hydrogen-bond donors (Lipinski definition) is 2. The molecule has 2 N–H and O–H groups in total. The van der Waals surface area contributed by atoms with Crippen LogP contribution in [0.15, 0.2) is 48.5 Å². The molecule has 160 valence electrons. The van der Waals surface area contributed by atoms with Crippen molar-refractivity contribution in [3.05, 3.63) is 69.9 Å². The summed E-state index contributed by atoms with van der Waals surface area (Å²) in [5.74, 6) is -0.561. The molecule has 7 nitrogen and oxygen atoms in total. The Morgan fingerprint density at radius 3 is 2.52 bits per heavy atom. The van der Waals surface area contributed by atoms with Gasteiger partial charge in [-0.2, -0.15) is 0 Å². The number of carbonyl (C=O) groups excluding carboxylic acids is 2. The Kier molecular flexibility index (Phi) is 6.51. The summed E-state index contributed by atoms with van der Waals surface area (Å²) in [6.45, 7) is 0.123. The maximum atomic E-state index is 13.7. The zero-order valence-electron chi connectivity index (χ0n) is 16.6. The van der Waals surface area contributed by atoms with Crippen LogP contribution >= 0.6 is 11.3 Å². The number of ether oxygens (including phenoxy) is 1. The van der Waals surface area contributed by atoms with Gasteiger partial charge in [0.05, 0.1) is 5.69 Å². The smallest absolute Gasteiger partial charge is 0.286 e. The van der Waals surface area contributed by atoms with Crippen LogP contribution in [0.25, 0.3) is 0 Å². The van der Waals surface area contributed by atoms with Gasteiger partial charge in [-0.25, -0.2) is 4.39 Å². The van der Waals surface area contributed by atoms with Crippen molar-refractivity contribution in [1.29, 1.82) is 0 Å². The van der Waals surface area contributed by atoms with Gasteiger partial charge in [0.15, 0.2) is 5.01 Å². The molecular formula is C22H21FN4O3S. The van der Waals surface area contributed by atoms with Gasteiger partial charge in [-0.1, -0.05) is 36.3 Å². The first-order chi connectivity index (χ1) is 15.1. The molecule has 0 radical (unpaired) electrons. The minimum Gasteiger partial charge on any atom is -0.486 e. The Labute approximate surface area is 182 Å². The number of amides is 2. The van der Waals surface area contributed by atoms with E-state index in [9.17, 15) is 14.0 Å². The predicted molar refractivity (Wildman–Crippen MR) is 115 cm³/mol. The SMILES string of the molecule is O=C(NC1CCCC1)c1ccc(OCc2nnc(C(=O)Nc3ccccc3F)s2)cc1. The molecule has 2 aromatic carbocycles. The van der Waals surface area contributed by atoms with E-state index in [0.29, 0.717) is 16.3 Å². The molecule has 0 unspecified atom stereocenters. The van der Waals surface area contributed by atoms with Crippen LogP contribution in [-0.4, -0.2) is 28.1 Å². The summed E-state index contributed by atoms with van der Waals surface area (Å²) in [5.41, 5.74) is 0.667. The number of rotatable bonds is 7. The highest BCUT2D eigenvalue weighted by atomic mass is 32.1. The van der Waals surface area contributed by atoms with E-state index < -0.39 is 11.7 Å². The third-order valence-electron chi connectivity index (χ3n) is 4.95. The molecule has 1 fully saturated rings. The van der Waals surface area contributed by atoms with Gasteiger partial charge in [0.25, 0.3) is 11.8 Å². The number of anilines is 1. The van der Waals surface area contributed by atoms with Crippen molar-refractivity contribution in [1.82, 2.24) is 15.5 Å². The highest BCUT2D eigenvalue weighted by molar-refractivity contribution is 7.13. The van der Waals surface area contributed by atoms with Gasteiger partial charge in [0.1, 0.15) is 18.2 Å². The molecule has 0 spiro atoms. The van der Waals surface area contributed by atoms with Crippen molar-refractivity contribution in [3.8, 4) is 5.75 Å². The molecule has 0 aliphatic heterocycles. The van der Waals surface area contributed by atoms with E-state index >= 15 is 0 Å². The molecule has 3 aromatic rings. The largest absolute Gasteiger partial charge is 0.486 e. The average Bonchev–Trinajstić information content (AvgIpc) is 3.46. The second kappa shape index (κ2) is 9.65. The topological polar surface area (TPSA) is 93.2 Å². The number of halogens is 1. The minimum absolute atomic E-state index is 0.0759. The first kappa shape index (κ1) is 20.9. The lowest BCUT2D eigenvalue weighted by Gasteiger charge is -2.12. The van der Waals surface area contributed by atoms with Crippen LogP contribution in [-0.2, 0) is 6.61 Å². The normalized spacial score (nSPS) is 13.7. The second-order valence-electron chi connectivity index (χ2n) is 7.20. The van der Waals surface area contributed by atoms with Crippen LogP contribution in [0.3, 0.4) is 0 Å². The third-order valence-corrected chi connectivity index (χ3v) is 5.85. The first-order valence-electron chi connectivity index (χ1n) is 10.0. The zero-order valence-corrected chi connectivity index (χ0v) is 17.5. The molecule has 31 heavy (non-hydrogen) atoms. The van der Waals surface area contributed by atoms with Gasteiger partial charge in [-0.3, -0.25) is 9.59 Å². The Morgan fingerprint density at radius 2 is 1.77 bits per heavy atom. The summed E-state index contributed by atoms with van der Waals surface area (Å²) in [6, 6.07) is 13.0. The Bertz CT molecular complexity index is 1060. The lowest BCUT2D eigenvalue weighted by Crippen LogP contribution is -2.32. The highest BCUT2D eigenvalue weighted by Gasteiger charge is 2.18. The van der Waals surface area contributed by atoms with Crippen molar-refractivity contribution in [2.75, 3.05) is 5.32 Å². The fraction of sp³-hybridized carbons (Fsp3) is 0.273. The van der Waals surface area contributed by atoms with Crippen LogP contribution in [0.1, 0.15) is 50.9 Å². The van der Waals surface area contributed by atoms with Crippen LogP contribution in [0.2, 0.25) is 0 Å². The highest BCUT2D eigenvalue weighted by Crippen LogP contribution is 2.20.